The third-order valence-electron chi connectivity index (χ3n) is 6.47. The molecule has 0 saturated carbocycles. The lowest BCUT2D eigenvalue weighted by Crippen LogP contribution is -2.30. The highest BCUT2D eigenvalue weighted by molar-refractivity contribution is 5.95. The van der Waals surface area contributed by atoms with E-state index < -0.39 is 0 Å². The van der Waals surface area contributed by atoms with Gasteiger partial charge in [-0.15, -0.1) is 0 Å². The minimum Gasteiger partial charge on any atom is -0.378 e. The summed E-state index contributed by atoms with van der Waals surface area (Å²) in [4.78, 5) is 25.4. The second-order valence-electron chi connectivity index (χ2n) is 8.13. The van der Waals surface area contributed by atoms with Crippen LogP contribution in [0.5, 0.6) is 0 Å². The maximum atomic E-state index is 12.8. The van der Waals surface area contributed by atoms with Crippen molar-refractivity contribution in [2.75, 3.05) is 18.4 Å². The highest BCUT2D eigenvalue weighted by atomic mass is 16.6. The number of likely N-dealkylation sites (tertiary alicyclic amines) is 1. The number of non-ortho nitro benzene ring substituents is 1. The van der Waals surface area contributed by atoms with Crippen molar-refractivity contribution < 1.29 is 9.72 Å². The summed E-state index contributed by atoms with van der Waals surface area (Å²) in [6.45, 7) is 1.70. The highest BCUT2D eigenvalue weighted by Crippen LogP contribution is 2.50. The summed E-state index contributed by atoms with van der Waals surface area (Å²) in [7, 11) is 0. The van der Waals surface area contributed by atoms with E-state index in [4.69, 9.17) is 0 Å². The normalized spacial score (nSPS) is 24.7. The largest absolute Gasteiger partial charge is 0.378 e. The summed E-state index contributed by atoms with van der Waals surface area (Å²) in [6.07, 6.45) is 7.57. The summed E-state index contributed by atoms with van der Waals surface area (Å²) >= 11 is 0. The second kappa shape index (κ2) is 7.03. The first-order valence-corrected chi connectivity index (χ1v) is 10.2. The van der Waals surface area contributed by atoms with Crippen LogP contribution < -0.4 is 5.32 Å². The molecule has 0 bridgehead atoms. The van der Waals surface area contributed by atoms with Crippen LogP contribution in [0.15, 0.2) is 54.6 Å². The van der Waals surface area contributed by atoms with Gasteiger partial charge in [-0.05, 0) is 54.5 Å². The predicted octanol–water partition coefficient (Wildman–Crippen LogP) is 4.66. The van der Waals surface area contributed by atoms with Crippen LogP contribution in [0.2, 0.25) is 0 Å². The fraction of sp³-hybridized carbons (Fsp3) is 0.348. The molecule has 148 valence electrons. The molecule has 1 N–H and O–H groups in total. The zero-order chi connectivity index (χ0) is 20.0. The number of anilines is 1. The minimum atomic E-state index is -0.369. The molecule has 2 aromatic rings. The van der Waals surface area contributed by atoms with Gasteiger partial charge in [-0.1, -0.05) is 24.3 Å². The minimum absolute atomic E-state index is 0.0865. The van der Waals surface area contributed by atoms with Crippen LogP contribution in [0.1, 0.15) is 52.7 Å². The van der Waals surface area contributed by atoms with Crippen LogP contribution >= 0.6 is 0 Å². The van der Waals surface area contributed by atoms with Gasteiger partial charge in [0.2, 0.25) is 0 Å². The first-order chi connectivity index (χ1) is 14.1. The lowest BCUT2D eigenvalue weighted by atomic mass is 9.76. The van der Waals surface area contributed by atoms with Gasteiger partial charge < -0.3 is 10.2 Å². The van der Waals surface area contributed by atoms with Gasteiger partial charge in [0.1, 0.15) is 0 Å². The lowest BCUT2D eigenvalue weighted by molar-refractivity contribution is -0.384. The Labute approximate surface area is 169 Å². The molecule has 1 saturated heterocycles. The number of hydrogen-bond donors (Lipinski definition) is 1. The van der Waals surface area contributed by atoms with E-state index in [9.17, 15) is 14.9 Å². The van der Waals surface area contributed by atoms with E-state index in [2.05, 4.69) is 23.5 Å². The van der Waals surface area contributed by atoms with Gasteiger partial charge in [-0.3, -0.25) is 14.9 Å². The third-order valence-corrected chi connectivity index (χ3v) is 6.47. The standard InChI is InChI=1S/C23H23N3O3/c27-23(25-12-1-2-13-25)16-8-11-21-20(14-16)18-4-3-5-19(18)22(24-21)15-6-9-17(10-7-15)26(28)29/h3-4,6-11,14,18-19,22,24H,1-2,5,12-13H2/t18-,19-,22-/m0/s1. The number of hydrogen-bond acceptors (Lipinski definition) is 4. The molecule has 2 aliphatic heterocycles. The van der Waals surface area contributed by atoms with E-state index in [1.165, 1.54) is 5.56 Å². The van der Waals surface area contributed by atoms with Crippen LogP contribution in [0.25, 0.3) is 0 Å². The van der Waals surface area contributed by atoms with Crippen molar-refractivity contribution in [1.29, 1.82) is 0 Å². The molecule has 29 heavy (non-hydrogen) atoms. The number of nitro benzene ring substituents is 1. The summed E-state index contributed by atoms with van der Waals surface area (Å²) in [5, 5.41) is 14.6. The van der Waals surface area contributed by atoms with Gasteiger partial charge in [0.25, 0.3) is 11.6 Å². The van der Waals surface area contributed by atoms with Crippen molar-refractivity contribution in [3.05, 3.63) is 81.4 Å². The Hall–Kier alpha value is -3.15. The molecular weight excluding hydrogens is 366 g/mol. The van der Waals surface area contributed by atoms with Gasteiger partial charge in [0.05, 0.1) is 11.0 Å². The molecule has 0 aromatic heterocycles. The molecular formula is C23H23N3O3. The zero-order valence-corrected chi connectivity index (χ0v) is 16.1. The Balaban J connectivity index is 1.46. The van der Waals surface area contributed by atoms with Crippen LogP contribution in [0.4, 0.5) is 11.4 Å². The molecule has 3 atom stereocenters. The average Bonchev–Trinajstić information content (AvgIpc) is 3.44. The molecule has 0 radical (unpaired) electrons. The molecule has 5 rings (SSSR count). The van der Waals surface area contributed by atoms with E-state index in [1.807, 2.05) is 29.2 Å². The SMILES string of the molecule is O=C(c1ccc2c(c1)[C@H]1C=CC[C@@H]1[C@H](c1ccc([N+](=O)[O-])cc1)N2)N1CCCC1. The molecule has 2 heterocycles. The van der Waals surface area contributed by atoms with Crippen LogP contribution in [0.3, 0.4) is 0 Å². The van der Waals surface area contributed by atoms with Gasteiger partial charge >= 0.3 is 0 Å². The van der Waals surface area contributed by atoms with E-state index in [-0.39, 0.29) is 28.5 Å². The number of nitrogens with one attached hydrogen (secondary N) is 1. The average molecular weight is 389 g/mol. The number of fused-ring (bicyclic) bond motifs is 3. The van der Waals surface area contributed by atoms with Gasteiger partial charge in [-0.2, -0.15) is 0 Å². The van der Waals surface area contributed by atoms with Crippen LogP contribution in [-0.2, 0) is 0 Å². The lowest BCUT2D eigenvalue weighted by Gasteiger charge is -2.37. The Morgan fingerprint density at radius 2 is 1.86 bits per heavy atom. The molecule has 1 amide bonds. The van der Waals surface area contributed by atoms with E-state index in [1.54, 1.807) is 12.1 Å². The van der Waals surface area contributed by atoms with Crippen molar-refractivity contribution in [3.63, 3.8) is 0 Å². The molecule has 0 spiro atoms. The maximum absolute atomic E-state index is 12.8. The number of rotatable bonds is 3. The van der Waals surface area contributed by atoms with Gasteiger partial charge in [0, 0.05) is 42.4 Å². The number of carbonyl (C=O) groups is 1. The molecule has 6 heteroatoms. The summed E-state index contributed by atoms with van der Waals surface area (Å²) < 4.78 is 0. The molecule has 1 aliphatic carbocycles. The second-order valence-corrected chi connectivity index (χ2v) is 8.13. The number of benzene rings is 2. The Kier molecular flexibility index (Phi) is 4.34. The highest BCUT2D eigenvalue weighted by Gasteiger charge is 2.38. The van der Waals surface area contributed by atoms with Crippen LogP contribution in [-0.4, -0.2) is 28.8 Å². The van der Waals surface area contributed by atoms with Gasteiger partial charge in [0.15, 0.2) is 0 Å². The maximum Gasteiger partial charge on any atom is 0.269 e. The van der Waals surface area contributed by atoms with E-state index >= 15 is 0 Å². The Morgan fingerprint density at radius 1 is 1.10 bits per heavy atom. The summed E-state index contributed by atoms with van der Waals surface area (Å²) in [5.41, 5.74) is 4.14. The molecule has 0 unspecified atom stereocenters. The molecule has 3 aliphatic rings. The fourth-order valence-electron chi connectivity index (χ4n) is 4.96. The van der Waals surface area contributed by atoms with Crippen molar-refractivity contribution in [2.45, 2.75) is 31.2 Å². The van der Waals surface area contributed by atoms with Crippen molar-refractivity contribution in [3.8, 4) is 0 Å². The Morgan fingerprint density at radius 3 is 2.59 bits per heavy atom. The van der Waals surface area contributed by atoms with Gasteiger partial charge in [-0.25, -0.2) is 0 Å². The number of allylic oxidation sites excluding steroid dienone is 2. The first kappa shape index (κ1) is 17.9. The van der Waals surface area contributed by atoms with Crippen molar-refractivity contribution >= 4 is 17.3 Å². The van der Waals surface area contributed by atoms with E-state index in [0.717, 1.165) is 49.2 Å². The first-order valence-electron chi connectivity index (χ1n) is 10.2. The smallest absolute Gasteiger partial charge is 0.269 e. The van der Waals surface area contributed by atoms with Crippen molar-refractivity contribution in [1.82, 2.24) is 4.90 Å². The Bertz CT molecular complexity index is 993. The number of nitro groups is 1. The number of amides is 1. The number of carbonyl (C=O) groups excluding carboxylic acids is 1. The van der Waals surface area contributed by atoms with Crippen LogP contribution in [0, 0.1) is 16.0 Å². The molecule has 6 nitrogen and oxygen atoms in total. The fourth-order valence-corrected chi connectivity index (χ4v) is 4.96. The van der Waals surface area contributed by atoms with E-state index in [0.29, 0.717) is 5.92 Å². The summed E-state index contributed by atoms with van der Waals surface area (Å²) in [6, 6.07) is 12.9. The monoisotopic (exact) mass is 389 g/mol. The van der Waals surface area contributed by atoms with Crippen molar-refractivity contribution in [2.24, 2.45) is 5.92 Å². The molecule has 1 fully saturated rings. The number of nitrogens with zero attached hydrogens (tertiary/aromatic N) is 2. The quantitative estimate of drug-likeness (QED) is 0.471. The third kappa shape index (κ3) is 3.09. The topological polar surface area (TPSA) is 75.5 Å². The zero-order valence-electron chi connectivity index (χ0n) is 16.1. The molecule has 2 aromatic carbocycles. The predicted molar refractivity (Wildman–Crippen MR) is 111 cm³/mol. The summed E-state index contributed by atoms with van der Waals surface area (Å²) in [5.74, 6) is 0.709.